The van der Waals surface area contributed by atoms with E-state index >= 15 is 0 Å². The molecular weight excluding hydrogens is 741 g/mol. The molecule has 0 aliphatic rings. The van der Waals surface area contributed by atoms with Gasteiger partial charge in [0.2, 0.25) is 0 Å². The zero-order valence-electron chi connectivity index (χ0n) is 33.2. The maximum Gasteiger partial charge on any atom is 0.160 e. The highest BCUT2D eigenvalue weighted by Gasteiger charge is 2.19. The van der Waals surface area contributed by atoms with Crippen molar-refractivity contribution >= 4 is 49.5 Å². The van der Waals surface area contributed by atoms with Gasteiger partial charge < -0.3 is 4.90 Å². The average Bonchev–Trinajstić information content (AvgIpc) is 3.35. The molecule has 11 rings (SSSR count). The van der Waals surface area contributed by atoms with Crippen LogP contribution < -0.4 is 4.90 Å². The van der Waals surface area contributed by atoms with Gasteiger partial charge in [-0.15, -0.1) is 0 Å². The van der Waals surface area contributed by atoms with Gasteiger partial charge in [0.05, 0.1) is 22.6 Å². The van der Waals surface area contributed by atoms with Crippen molar-refractivity contribution < 1.29 is 0 Å². The lowest BCUT2D eigenvalue weighted by atomic mass is 9.91. The Morgan fingerprint density at radius 1 is 0.311 bits per heavy atom. The number of benzene rings is 9. The van der Waals surface area contributed by atoms with E-state index in [-0.39, 0.29) is 0 Å². The summed E-state index contributed by atoms with van der Waals surface area (Å²) in [4.78, 5) is 18.2. The predicted molar refractivity (Wildman–Crippen MR) is 254 cm³/mol. The monoisotopic (exact) mass is 778 g/mol. The molecule has 2 heterocycles. The zero-order chi connectivity index (χ0) is 40.5. The Bertz CT molecular complexity index is 3280. The van der Waals surface area contributed by atoms with Crippen molar-refractivity contribution in [2.75, 3.05) is 4.90 Å². The van der Waals surface area contributed by atoms with Gasteiger partial charge in [0.25, 0.3) is 0 Å². The molecule has 0 radical (unpaired) electrons. The summed E-state index contributed by atoms with van der Waals surface area (Å²) in [6, 6.07) is 80.9. The minimum atomic E-state index is 0.681. The largest absolute Gasteiger partial charge is 0.311 e. The van der Waals surface area contributed by atoms with Crippen LogP contribution >= 0.6 is 0 Å². The van der Waals surface area contributed by atoms with Crippen LogP contribution in [-0.4, -0.2) is 15.0 Å². The first-order valence-electron chi connectivity index (χ1n) is 20.6. The lowest BCUT2D eigenvalue weighted by Gasteiger charge is -2.25. The van der Waals surface area contributed by atoms with E-state index in [1.54, 1.807) is 0 Å². The molecule has 0 saturated carbocycles. The van der Waals surface area contributed by atoms with Crippen LogP contribution in [0.15, 0.2) is 231 Å². The van der Waals surface area contributed by atoms with Crippen LogP contribution in [0.1, 0.15) is 0 Å². The van der Waals surface area contributed by atoms with Crippen molar-refractivity contribution in [3.05, 3.63) is 231 Å². The molecule has 0 spiro atoms. The molecule has 0 bridgehead atoms. The second kappa shape index (κ2) is 15.5. The third-order valence-electron chi connectivity index (χ3n) is 11.5. The fourth-order valence-corrected chi connectivity index (χ4v) is 8.54. The molecule has 0 aliphatic heterocycles. The fourth-order valence-electron chi connectivity index (χ4n) is 8.54. The van der Waals surface area contributed by atoms with E-state index in [1.807, 2.05) is 12.1 Å². The van der Waals surface area contributed by atoms with Gasteiger partial charge >= 0.3 is 0 Å². The number of hydrogen-bond acceptors (Lipinski definition) is 4. The van der Waals surface area contributed by atoms with Crippen LogP contribution in [0.3, 0.4) is 0 Å². The molecule has 0 unspecified atom stereocenters. The molecule has 61 heavy (non-hydrogen) atoms. The second-order valence-electron chi connectivity index (χ2n) is 15.2. The molecule has 0 N–H and O–H groups in total. The van der Waals surface area contributed by atoms with E-state index in [4.69, 9.17) is 15.0 Å². The van der Waals surface area contributed by atoms with Gasteiger partial charge in [-0.3, -0.25) is 0 Å². The molecular formula is C57H38N4. The maximum atomic E-state index is 5.37. The molecule has 0 saturated heterocycles. The van der Waals surface area contributed by atoms with Crippen molar-refractivity contribution in [1.29, 1.82) is 0 Å². The summed E-state index contributed by atoms with van der Waals surface area (Å²) in [5.41, 5.74) is 13.3. The van der Waals surface area contributed by atoms with Gasteiger partial charge in [0, 0.05) is 55.5 Å². The molecule has 0 aliphatic carbocycles. The summed E-state index contributed by atoms with van der Waals surface area (Å²) in [6.07, 6.45) is 0. The molecule has 286 valence electrons. The fraction of sp³-hybridized carbons (Fsp3) is 0. The first-order chi connectivity index (χ1) is 30.2. The molecule has 2 aromatic heterocycles. The number of anilines is 3. The Balaban J connectivity index is 1.09. The van der Waals surface area contributed by atoms with Crippen LogP contribution in [-0.2, 0) is 0 Å². The Kier molecular flexibility index (Phi) is 9.14. The summed E-state index contributed by atoms with van der Waals surface area (Å²) in [5, 5.41) is 5.62. The first kappa shape index (κ1) is 35.9. The molecule has 0 atom stereocenters. The number of pyridine rings is 1. The van der Waals surface area contributed by atoms with Crippen LogP contribution in [0.5, 0.6) is 0 Å². The summed E-state index contributed by atoms with van der Waals surface area (Å²) in [5.74, 6) is 0.681. The smallest absolute Gasteiger partial charge is 0.160 e. The molecule has 4 heteroatoms. The number of rotatable bonds is 8. The van der Waals surface area contributed by atoms with Crippen molar-refractivity contribution in [3.63, 3.8) is 0 Å². The normalized spacial score (nSPS) is 11.3. The highest BCUT2D eigenvalue weighted by Crippen LogP contribution is 2.43. The maximum absolute atomic E-state index is 5.37. The summed E-state index contributed by atoms with van der Waals surface area (Å²) in [7, 11) is 0. The van der Waals surface area contributed by atoms with Gasteiger partial charge in [0.15, 0.2) is 5.82 Å². The lowest BCUT2D eigenvalue weighted by Crippen LogP contribution is -2.09. The number of aromatic nitrogens is 3. The van der Waals surface area contributed by atoms with Crippen molar-refractivity contribution in [1.82, 2.24) is 15.0 Å². The molecule has 11 aromatic rings. The van der Waals surface area contributed by atoms with E-state index in [1.165, 1.54) is 5.56 Å². The van der Waals surface area contributed by atoms with Crippen molar-refractivity contribution in [2.24, 2.45) is 0 Å². The Morgan fingerprint density at radius 3 is 1.54 bits per heavy atom. The number of fused-ring (bicyclic) bond motifs is 5. The standard InChI is InChI=1S/C57H38N4/c1-5-16-39(17-6-1)40-28-30-44(31-29-40)57-59-52(41-18-7-2-8-19-41)38-53(60-57)49-26-15-20-42-34-37-50-55(54(42)49)48-25-13-14-27-51(48)58-56(50)43-32-35-47(36-33-43)61(45-21-9-3-10-22-45)46-23-11-4-12-24-46/h1-38H. The Labute approximate surface area is 354 Å². The van der Waals surface area contributed by atoms with Crippen molar-refractivity contribution in [3.8, 4) is 56.3 Å². The van der Waals surface area contributed by atoms with Crippen molar-refractivity contribution in [2.45, 2.75) is 0 Å². The summed E-state index contributed by atoms with van der Waals surface area (Å²) >= 11 is 0. The minimum absolute atomic E-state index is 0.681. The van der Waals surface area contributed by atoms with Gasteiger partial charge in [-0.05, 0) is 70.4 Å². The number of para-hydroxylation sites is 3. The topological polar surface area (TPSA) is 41.9 Å². The predicted octanol–water partition coefficient (Wildman–Crippen LogP) is 15.1. The van der Waals surface area contributed by atoms with Crippen LogP contribution in [0.2, 0.25) is 0 Å². The lowest BCUT2D eigenvalue weighted by molar-refractivity contribution is 1.19. The quantitative estimate of drug-likeness (QED) is 0.144. The highest BCUT2D eigenvalue weighted by molar-refractivity contribution is 6.25. The summed E-state index contributed by atoms with van der Waals surface area (Å²) < 4.78 is 0. The van der Waals surface area contributed by atoms with E-state index in [9.17, 15) is 0 Å². The van der Waals surface area contributed by atoms with Crippen LogP contribution in [0.4, 0.5) is 17.1 Å². The molecule has 0 amide bonds. The third kappa shape index (κ3) is 6.76. The van der Waals surface area contributed by atoms with Gasteiger partial charge in [0.1, 0.15) is 0 Å². The highest BCUT2D eigenvalue weighted by atomic mass is 15.1. The minimum Gasteiger partial charge on any atom is -0.311 e. The second-order valence-corrected chi connectivity index (χ2v) is 15.2. The zero-order valence-corrected chi connectivity index (χ0v) is 33.2. The van der Waals surface area contributed by atoms with E-state index in [0.29, 0.717) is 5.82 Å². The van der Waals surface area contributed by atoms with E-state index in [2.05, 4.69) is 223 Å². The molecule has 0 fully saturated rings. The van der Waals surface area contributed by atoms with Gasteiger partial charge in [-0.1, -0.05) is 182 Å². The Hall–Kier alpha value is -8.21. The number of hydrogen-bond donors (Lipinski definition) is 0. The SMILES string of the molecule is c1ccc(-c2ccc(-c3nc(-c4ccccc4)cc(-c4cccc5ccc6c(-c7ccc(N(c8ccccc8)c8ccccc8)cc7)nc7ccccc7c6c45)n3)cc2)cc1. The molecule has 4 nitrogen and oxygen atoms in total. The number of nitrogens with zero attached hydrogens (tertiary/aromatic N) is 4. The molecule has 9 aromatic carbocycles. The average molecular weight is 779 g/mol. The van der Waals surface area contributed by atoms with Crippen LogP contribution in [0, 0.1) is 0 Å². The Morgan fingerprint density at radius 2 is 0.852 bits per heavy atom. The third-order valence-corrected chi connectivity index (χ3v) is 11.5. The van der Waals surface area contributed by atoms with E-state index < -0.39 is 0 Å². The van der Waals surface area contributed by atoms with Gasteiger partial charge in [-0.25, -0.2) is 15.0 Å². The van der Waals surface area contributed by atoms with Crippen LogP contribution in [0.25, 0.3) is 88.7 Å². The summed E-state index contributed by atoms with van der Waals surface area (Å²) in [6.45, 7) is 0. The van der Waals surface area contributed by atoms with Gasteiger partial charge in [-0.2, -0.15) is 0 Å². The first-order valence-corrected chi connectivity index (χ1v) is 20.6. The van der Waals surface area contributed by atoms with E-state index in [0.717, 1.165) is 94.4 Å².